The van der Waals surface area contributed by atoms with Crippen LogP contribution in [0.1, 0.15) is 17.4 Å². The zero-order valence-corrected chi connectivity index (χ0v) is 9.44. The lowest BCUT2D eigenvalue weighted by Crippen LogP contribution is -2.33. The molecular weight excluding hydrogens is 202 g/mol. The Bertz CT molecular complexity index is 402. The largest absolute Gasteiger partial charge is 0.347 e. The number of nitrogens with one attached hydrogen (secondary N) is 2. The van der Waals surface area contributed by atoms with Gasteiger partial charge in [0.05, 0.1) is 0 Å². The Balaban J connectivity index is 1.66. The van der Waals surface area contributed by atoms with Crippen molar-refractivity contribution < 1.29 is 4.79 Å². The van der Waals surface area contributed by atoms with Gasteiger partial charge >= 0.3 is 0 Å². The minimum atomic E-state index is 0.0752. The second-order valence-corrected chi connectivity index (χ2v) is 4.66. The van der Waals surface area contributed by atoms with E-state index in [0.717, 1.165) is 25.3 Å². The molecule has 1 saturated heterocycles. The van der Waals surface area contributed by atoms with Gasteiger partial charge in [-0.1, -0.05) is 0 Å². The highest BCUT2D eigenvalue weighted by atomic mass is 16.2. The minimum Gasteiger partial charge on any atom is -0.347 e. The Hall–Kier alpha value is -1.29. The zero-order chi connectivity index (χ0) is 11.1. The maximum absolute atomic E-state index is 12.0. The summed E-state index contributed by atoms with van der Waals surface area (Å²) in [5.41, 5.74) is 0.778. The van der Waals surface area contributed by atoms with Gasteiger partial charge in [-0.2, -0.15) is 0 Å². The zero-order valence-electron chi connectivity index (χ0n) is 9.44. The Morgan fingerprint density at radius 2 is 2.31 bits per heavy atom. The summed E-state index contributed by atoms with van der Waals surface area (Å²) in [7, 11) is 0. The molecule has 0 bridgehead atoms. The molecule has 86 valence electrons. The number of rotatable bonds is 3. The van der Waals surface area contributed by atoms with Crippen LogP contribution in [0.4, 0.5) is 0 Å². The number of aryl methyl sites for hydroxylation is 1. The highest BCUT2D eigenvalue weighted by Crippen LogP contribution is 2.41. The lowest BCUT2D eigenvalue weighted by molar-refractivity contribution is 0.0937. The van der Waals surface area contributed by atoms with Crippen LogP contribution < -0.4 is 10.6 Å². The fourth-order valence-corrected chi connectivity index (χ4v) is 2.75. The smallest absolute Gasteiger partial charge is 0.268 e. The summed E-state index contributed by atoms with van der Waals surface area (Å²) in [5.74, 6) is 1.43. The number of nitrogens with zero attached hydrogens (tertiary/aromatic N) is 1. The Morgan fingerprint density at radius 1 is 1.56 bits per heavy atom. The third-order valence-electron chi connectivity index (χ3n) is 3.79. The maximum atomic E-state index is 12.0. The van der Waals surface area contributed by atoms with Crippen LogP contribution in [0.5, 0.6) is 0 Å². The van der Waals surface area contributed by atoms with E-state index in [9.17, 15) is 4.79 Å². The molecule has 0 radical (unpaired) electrons. The SMILES string of the molecule is CCn1cccc1C(=O)NC1C2CNCC21. The molecule has 4 heteroatoms. The van der Waals surface area contributed by atoms with Gasteiger partial charge in [0.2, 0.25) is 0 Å². The van der Waals surface area contributed by atoms with E-state index < -0.39 is 0 Å². The van der Waals surface area contributed by atoms with Gasteiger partial charge in [0.25, 0.3) is 5.91 Å². The van der Waals surface area contributed by atoms with Crippen molar-refractivity contribution in [3.63, 3.8) is 0 Å². The Morgan fingerprint density at radius 3 is 3.00 bits per heavy atom. The molecule has 1 aliphatic carbocycles. The van der Waals surface area contributed by atoms with Crippen LogP contribution in [-0.4, -0.2) is 29.6 Å². The highest BCUT2D eigenvalue weighted by Gasteiger charge is 2.53. The van der Waals surface area contributed by atoms with Crippen molar-refractivity contribution in [2.45, 2.75) is 19.5 Å². The molecule has 1 aromatic rings. The molecule has 2 unspecified atom stereocenters. The fourth-order valence-electron chi connectivity index (χ4n) is 2.75. The second-order valence-electron chi connectivity index (χ2n) is 4.66. The van der Waals surface area contributed by atoms with Crippen LogP contribution in [0.15, 0.2) is 18.3 Å². The van der Waals surface area contributed by atoms with Gasteiger partial charge in [0, 0.05) is 31.9 Å². The third kappa shape index (κ3) is 1.45. The van der Waals surface area contributed by atoms with Gasteiger partial charge in [-0.15, -0.1) is 0 Å². The third-order valence-corrected chi connectivity index (χ3v) is 3.79. The highest BCUT2D eigenvalue weighted by molar-refractivity contribution is 5.93. The molecule has 1 aromatic heterocycles. The average molecular weight is 219 g/mol. The lowest BCUT2D eigenvalue weighted by Gasteiger charge is -2.09. The first-order valence-corrected chi connectivity index (χ1v) is 5.98. The number of piperidine rings is 1. The molecule has 2 N–H and O–H groups in total. The quantitative estimate of drug-likeness (QED) is 0.775. The monoisotopic (exact) mass is 219 g/mol. The molecule has 2 atom stereocenters. The number of carbonyl (C=O) groups is 1. The summed E-state index contributed by atoms with van der Waals surface area (Å²) < 4.78 is 1.98. The van der Waals surface area contributed by atoms with Gasteiger partial charge < -0.3 is 15.2 Å². The van der Waals surface area contributed by atoms with E-state index >= 15 is 0 Å². The summed E-state index contributed by atoms with van der Waals surface area (Å²) >= 11 is 0. The first-order chi connectivity index (χ1) is 7.81. The summed E-state index contributed by atoms with van der Waals surface area (Å²) in [5, 5.41) is 6.46. The second kappa shape index (κ2) is 3.63. The normalized spacial score (nSPS) is 31.2. The van der Waals surface area contributed by atoms with E-state index in [1.165, 1.54) is 0 Å². The molecule has 4 nitrogen and oxygen atoms in total. The van der Waals surface area contributed by atoms with Gasteiger partial charge in [-0.25, -0.2) is 0 Å². The molecule has 2 aliphatic rings. The molecule has 1 amide bonds. The van der Waals surface area contributed by atoms with Crippen molar-refractivity contribution in [2.24, 2.45) is 11.8 Å². The molecule has 2 fully saturated rings. The van der Waals surface area contributed by atoms with Gasteiger partial charge in [-0.05, 0) is 30.9 Å². The van der Waals surface area contributed by atoms with Crippen LogP contribution in [-0.2, 0) is 6.54 Å². The van der Waals surface area contributed by atoms with Crippen molar-refractivity contribution in [1.29, 1.82) is 0 Å². The average Bonchev–Trinajstić information content (AvgIpc) is 2.81. The molecular formula is C12H17N3O. The number of aromatic nitrogens is 1. The van der Waals surface area contributed by atoms with E-state index in [-0.39, 0.29) is 5.91 Å². The number of fused-ring (bicyclic) bond motifs is 1. The van der Waals surface area contributed by atoms with Crippen LogP contribution in [0.25, 0.3) is 0 Å². The van der Waals surface area contributed by atoms with E-state index in [1.54, 1.807) is 0 Å². The Labute approximate surface area is 95.0 Å². The topological polar surface area (TPSA) is 46.1 Å². The Kier molecular flexibility index (Phi) is 2.24. The summed E-state index contributed by atoms with van der Waals surface area (Å²) in [4.78, 5) is 12.0. The summed E-state index contributed by atoms with van der Waals surface area (Å²) in [6.45, 7) is 5.01. The van der Waals surface area contributed by atoms with E-state index in [4.69, 9.17) is 0 Å². The molecule has 3 rings (SSSR count). The predicted molar refractivity (Wildman–Crippen MR) is 61.2 cm³/mol. The molecule has 16 heavy (non-hydrogen) atoms. The standard InChI is InChI=1S/C12H17N3O/c1-2-15-5-3-4-10(15)12(16)14-11-8-6-13-7-9(8)11/h3-5,8-9,11,13H,2,6-7H2,1H3,(H,14,16). The van der Waals surface area contributed by atoms with Crippen molar-refractivity contribution in [2.75, 3.05) is 13.1 Å². The number of amides is 1. The van der Waals surface area contributed by atoms with Crippen molar-refractivity contribution in [1.82, 2.24) is 15.2 Å². The van der Waals surface area contributed by atoms with E-state index in [0.29, 0.717) is 17.9 Å². The number of carbonyl (C=O) groups excluding carboxylic acids is 1. The van der Waals surface area contributed by atoms with Crippen LogP contribution >= 0.6 is 0 Å². The van der Waals surface area contributed by atoms with E-state index in [2.05, 4.69) is 10.6 Å². The first-order valence-electron chi connectivity index (χ1n) is 5.98. The summed E-state index contributed by atoms with van der Waals surface area (Å²) in [6.07, 6.45) is 1.95. The fraction of sp³-hybridized carbons (Fsp3) is 0.583. The number of hydrogen-bond acceptors (Lipinski definition) is 2. The molecule has 2 heterocycles. The van der Waals surface area contributed by atoms with Crippen molar-refractivity contribution in [3.05, 3.63) is 24.0 Å². The van der Waals surface area contributed by atoms with Gasteiger partial charge in [0.15, 0.2) is 0 Å². The van der Waals surface area contributed by atoms with E-state index in [1.807, 2.05) is 29.8 Å². The summed E-state index contributed by atoms with van der Waals surface area (Å²) in [6, 6.07) is 4.22. The van der Waals surface area contributed by atoms with Crippen molar-refractivity contribution in [3.8, 4) is 0 Å². The van der Waals surface area contributed by atoms with Crippen molar-refractivity contribution >= 4 is 5.91 Å². The molecule has 1 aliphatic heterocycles. The molecule has 0 spiro atoms. The van der Waals surface area contributed by atoms with Crippen LogP contribution in [0.3, 0.4) is 0 Å². The maximum Gasteiger partial charge on any atom is 0.268 e. The van der Waals surface area contributed by atoms with Crippen LogP contribution in [0.2, 0.25) is 0 Å². The van der Waals surface area contributed by atoms with Gasteiger partial charge in [0.1, 0.15) is 5.69 Å². The van der Waals surface area contributed by atoms with Crippen LogP contribution in [0, 0.1) is 11.8 Å². The first kappa shape index (κ1) is 9.90. The molecule has 0 aromatic carbocycles. The predicted octanol–water partition coefficient (Wildman–Crippen LogP) is 0.456. The molecule has 1 saturated carbocycles. The lowest BCUT2D eigenvalue weighted by atomic mass is 10.3. The van der Waals surface area contributed by atoms with Gasteiger partial charge in [-0.3, -0.25) is 4.79 Å². The minimum absolute atomic E-state index is 0.0752. The number of hydrogen-bond donors (Lipinski definition) is 2.